The van der Waals surface area contributed by atoms with Gasteiger partial charge in [-0.25, -0.2) is 0 Å². The van der Waals surface area contributed by atoms with E-state index in [0.717, 1.165) is 34.4 Å². The molecular formula is C21H22N2O3. The van der Waals surface area contributed by atoms with Crippen LogP contribution < -0.4 is 10.1 Å². The summed E-state index contributed by atoms with van der Waals surface area (Å²) >= 11 is 0. The Balaban J connectivity index is 1.89. The zero-order valence-electron chi connectivity index (χ0n) is 15.2. The van der Waals surface area contributed by atoms with Crippen LogP contribution in [0.1, 0.15) is 40.6 Å². The Hall–Kier alpha value is -2.82. The zero-order chi connectivity index (χ0) is 18.4. The van der Waals surface area contributed by atoms with Gasteiger partial charge >= 0.3 is 0 Å². The van der Waals surface area contributed by atoms with Gasteiger partial charge < -0.3 is 10.1 Å². The molecule has 0 fully saturated rings. The lowest BCUT2D eigenvalue weighted by molar-refractivity contribution is -0.384. The molecule has 4 rings (SSSR count). The lowest BCUT2D eigenvalue weighted by Gasteiger charge is -2.38. The minimum Gasteiger partial charge on any atom is -0.497 e. The number of methoxy groups -OCH3 is 1. The molecule has 1 aliphatic heterocycles. The number of hydrogen-bond acceptors (Lipinski definition) is 4. The topological polar surface area (TPSA) is 64.4 Å². The number of nitrogens with zero attached hydrogens (tertiary/aromatic N) is 1. The quantitative estimate of drug-likeness (QED) is 0.478. The Morgan fingerprint density at radius 2 is 2.08 bits per heavy atom. The number of ether oxygens (including phenoxy) is 1. The van der Waals surface area contributed by atoms with Crippen LogP contribution in [0.15, 0.2) is 42.5 Å². The van der Waals surface area contributed by atoms with E-state index in [2.05, 4.69) is 30.5 Å². The van der Waals surface area contributed by atoms with E-state index in [1.807, 2.05) is 25.1 Å². The highest BCUT2D eigenvalue weighted by atomic mass is 16.6. The lowest BCUT2D eigenvalue weighted by atomic mass is 9.74. The van der Waals surface area contributed by atoms with Gasteiger partial charge in [0.05, 0.1) is 18.1 Å². The highest BCUT2D eigenvalue weighted by Crippen LogP contribution is 2.53. The number of fused-ring (bicyclic) bond motifs is 3. The van der Waals surface area contributed by atoms with Crippen LogP contribution in [0.2, 0.25) is 0 Å². The Morgan fingerprint density at radius 3 is 2.81 bits per heavy atom. The molecule has 0 spiro atoms. The number of aryl methyl sites for hydroxylation is 1. The minimum atomic E-state index is -0.278. The van der Waals surface area contributed by atoms with Gasteiger partial charge in [-0.2, -0.15) is 0 Å². The SMILES string of the molecule is COc1cccc([C@@H]2Nc3c([N+](=O)[O-])cc(C)c(C)c3[C@H]3C=CC[C@H]32)c1. The van der Waals surface area contributed by atoms with Crippen LogP contribution in [0.25, 0.3) is 0 Å². The summed E-state index contributed by atoms with van der Waals surface area (Å²) in [4.78, 5) is 11.4. The Labute approximate surface area is 152 Å². The third kappa shape index (κ3) is 2.46. The van der Waals surface area contributed by atoms with Crippen molar-refractivity contribution < 1.29 is 9.66 Å². The molecule has 26 heavy (non-hydrogen) atoms. The van der Waals surface area contributed by atoms with Crippen molar-refractivity contribution in [2.24, 2.45) is 5.92 Å². The summed E-state index contributed by atoms with van der Waals surface area (Å²) < 4.78 is 5.37. The largest absolute Gasteiger partial charge is 0.497 e. The molecule has 2 aromatic carbocycles. The molecule has 1 N–H and O–H groups in total. The maximum absolute atomic E-state index is 11.7. The second-order valence-electron chi connectivity index (χ2n) is 7.14. The van der Waals surface area contributed by atoms with Crippen molar-refractivity contribution in [1.29, 1.82) is 0 Å². The van der Waals surface area contributed by atoms with Gasteiger partial charge in [-0.05, 0) is 60.6 Å². The molecular weight excluding hydrogens is 328 g/mol. The van der Waals surface area contributed by atoms with Gasteiger partial charge in [0.25, 0.3) is 5.69 Å². The minimum absolute atomic E-state index is 0.0124. The number of hydrogen-bond donors (Lipinski definition) is 1. The third-order valence-electron chi connectivity index (χ3n) is 5.80. The highest BCUT2D eigenvalue weighted by Gasteiger charge is 2.41. The van der Waals surface area contributed by atoms with Gasteiger partial charge in [-0.15, -0.1) is 0 Å². The fraction of sp³-hybridized carbons (Fsp3) is 0.333. The van der Waals surface area contributed by atoms with Crippen LogP contribution in [0.5, 0.6) is 5.75 Å². The van der Waals surface area contributed by atoms with E-state index in [-0.39, 0.29) is 22.6 Å². The summed E-state index contributed by atoms with van der Waals surface area (Å²) in [6, 6.07) is 9.66. The van der Waals surface area contributed by atoms with Crippen molar-refractivity contribution in [2.75, 3.05) is 12.4 Å². The number of benzene rings is 2. The molecule has 0 unspecified atom stereocenters. The normalized spacial score (nSPS) is 23.1. The predicted molar refractivity (Wildman–Crippen MR) is 102 cm³/mol. The van der Waals surface area contributed by atoms with E-state index in [1.54, 1.807) is 13.2 Å². The molecule has 1 aliphatic carbocycles. The predicted octanol–water partition coefficient (Wildman–Crippen LogP) is 5.05. The molecule has 0 saturated carbocycles. The summed E-state index contributed by atoms with van der Waals surface area (Å²) in [5, 5.41) is 15.2. The van der Waals surface area contributed by atoms with Gasteiger partial charge in [-0.1, -0.05) is 24.3 Å². The molecule has 0 saturated heterocycles. The van der Waals surface area contributed by atoms with Crippen molar-refractivity contribution >= 4 is 11.4 Å². The molecule has 0 amide bonds. The van der Waals surface area contributed by atoms with E-state index in [1.165, 1.54) is 0 Å². The number of rotatable bonds is 3. The number of anilines is 1. The monoisotopic (exact) mass is 350 g/mol. The van der Waals surface area contributed by atoms with Crippen molar-refractivity contribution in [1.82, 2.24) is 0 Å². The first-order chi connectivity index (χ1) is 12.5. The zero-order valence-corrected chi connectivity index (χ0v) is 15.2. The van der Waals surface area contributed by atoms with Gasteiger partial charge in [0.15, 0.2) is 0 Å². The second kappa shape index (κ2) is 6.16. The number of nitro benzene ring substituents is 1. The molecule has 2 aliphatic rings. The average Bonchev–Trinajstić information content (AvgIpc) is 3.13. The number of nitro groups is 1. The molecule has 134 valence electrons. The average molecular weight is 350 g/mol. The Bertz CT molecular complexity index is 920. The fourth-order valence-electron chi connectivity index (χ4n) is 4.39. The standard InChI is InChI=1S/C21H22N2O3/c1-12-10-18(23(24)25)21-19(13(12)2)16-8-5-9-17(16)20(22-21)14-6-4-7-15(11-14)26-3/h4-8,10-11,16-17,20,22H,9H2,1-3H3/t16-,17+,20-/m0/s1. The Kier molecular flexibility index (Phi) is 3.94. The summed E-state index contributed by atoms with van der Waals surface area (Å²) in [7, 11) is 1.65. The van der Waals surface area contributed by atoms with Crippen LogP contribution in [0.3, 0.4) is 0 Å². The van der Waals surface area contributed by atoms with E-state index >= 15 is 0 Å². The molecule has 1 heterocycles. The molecule has 2 aromatic rings. The highest BCUT2D eigenvalue weighted by molar-refractivity contribution is 5.74. The summed E-state index contributed by atoms with van der Waals surface area (Å²) in [6.45, 7) is 4.01. The maximum atomic E-state index is 11.7. The van der Waals surface area contributed by atoms with Crippen molar-refractivity contribution in [3.05, 3.63) is 74.9 Å². The van der Waals surface area contributed by atoms with E-state index in [9.17, 15) is 10.1 Å². The van der Waals surface area contributed by atoms with Gasteiger partial charge in [0.1, 0.15) is 11.4 Å². The van der Waals surface area contributed by atoms with Crippen LogP contribution in [0.4, 0.5) is 11.4 Å². The van der Waals surface area contributed by atoms with Crippen molar-refractivity contribution in [3.63, 3.8) is 0 Å². The molecule has 0 radical (unpaired) electrons. The van der Waals surface area contributed by atoms with Crippen LogP contribution in [-0.2, 0) is 0 Å². The summed E-state index contributed by atoms with van der Waals surface area (Å²) in [6.07, 6.45) is 5.38. The number of allylic oxidation sites excluding steroid dienone is 2. The van der Waals surface area contributed by atoms with Crippen LogP contribution in [0, 0.1) is 29.9 Å². The number of nitrogens with one attached hydrogen (secondary N) is 1. The fourth-order valence-corrected chi connectivity index (χ4v) is 4.39. The van der Waals surface area contributed by atoms with E-state index in [4.69, 9.17) is 4.74 Å². The van der Waals surface area contributed by atoms with E-state index < -0.39 is 0 Å². The first-order valence-electron chi connectivity index (χ1n) is 8.87. The molecule has 5 nitrogen and oxygen atoms in total. The third-order valence-corrected chi connectivity index (χ3v) is 5.80. The second-order valence-corrected chi connectivity index (χ2v) is 7.14. The van der Waals surface area contributed by atoms with Gasteiger partial charge in [-0.3, -0.25) is 10.1 Å². The van der Waals surface area contributed by atoms with Crippen LogP contribution >= 0.6 is 0 Å². The first kappa shape index (κ1) is 16.6. The summed E-state index contributed by atoms with van der Waals surface area (Å²) in [5.74, 6) is 1.34. The van der Waals surface area contributed by atoms with Gasteiger partial charge in [0, 0.05) is 12.0 Å². The molecule has 3 atom stereocenters. The summed E-state index contributed by atoms with van der Waals surface area (Å²) in [5.41, 5.74) is 5.11. The van der Waals surface area contributed by atoms with Crippen molar-refractivity contribution in [2.45, 2.75) is 32.2 Å². The molecule has 5 heteroatoms. The first-order valence-corrected chi connectivity index (χ1v) is 8.87. The lowest BCUT2D eigenvalue weighted by Crippen LogP contribution is -2.30. The van der Waals surface area contributed by atoms with Crippen molar-refractivity contribution in [3.8, 4) is 5.75 Å². The molecule has 0 bridgehead atoms. The Morgan fingerprint density at radius 1 is 1.27 bits per heavy atom. The molecule has 0 aromatic heterocycles. The van der Waals surface area contributed by atoms with Crippen LogP contribution in [-0.4, -0.2) is 12.0 Å². The van der Waals surface area contributed by atoms with Gasteiger partial charge in [0.2, 0.25) is 0 Å². The smallest absolute Gasteiger partial charge is 0.292 e. The maximum Gasteiger partial charge on any atom is 0.292 e. The van der Waals surface area contributed by atoms with E-state index in [0.29, 0.717) is 11.6 Å².